The fourth-order valence-electron chi connectivity index (χ4n) is 3.80. The number of anilines is 1. The third-order valence-corrected chi connectivity index (χ3v) is 7.29. The molecule has 0 unspecified atom stereocenters. The minimum absolute atomic E-state index is 0.227. The quantitative estimate of drug-likeness (QED) is 0.579. The van der Waals surface area contributed by atoms with E-state index in [4.69, 9.17) is 4.74 Å². The van der Waals surface area contributed by atoms with Crippen molar-refractivity contribution >= 4 is 39.0 Å². The molecule has 9 heteroatoms. The summed E-state index contributed by atoms with van der Waals surface area (Å²) in [6, 6.07) is 14.2. The van der Waals surface area contributed by atoms with Crippen LogP contribution in [-0.2, 0) is 25.1 Å². The molecule has 0 atom stereocenters. The van der Waals surface area contributed by atoms with E-state index in [2.05, 4.69) is 31.1 Å². The molecule has 0 spiro atoms. The molecule has 1 N–H and O–H groups in total. The molecule has 1 aromatic heterocycles. The maximum absolute atomic E-state index is 12.7. The van der Waals surface area contributed by atoms with Crippen LogP contribution in [0.1, 0.15) is 26.3 Å². The summed E-state index contributed by atoms with van der Waals surface area (Å²) < 4.78 is 34.1. The number of hydrogen-bond donors (Lipinski definition) is 1. The Balaban J connectivity index is 1.49. The molecule has 174 valence electrons. The maximum Gasteiger partial charge on any atom is 0.250 e. The number of benzene rings is 2. The minimum atomic E-state index is -3.54. The predicted octanol–water partition coefficient (Wildman–Crippen LogP) is 3.46. The predicted molar refractivity (Wildman–Crippen MR) is 128 cm³/mol. The van der Waals surface area contributed by atoms with Crippen LogP contribution in [0.25, 0.3) is 17.1 Å². The van der Waals surface area contributed by atoms with E-state index in [1.807, 2.05) is 28.8 Å². The van der Waals surface area contributed by atoms with Gasteiger partial charge in [-0.3, -0.25) is 10.1 Å². The first-order valence-corrected chi connectivity index (χ1v) is 12.3. The topological polar surface area (TPSA) is 93.5 Å². The van der Waals surface area contributed by atoms with Crippen molar-refractivity contribution in [2.45, 2.75) is 31.2 Å². The average Bonchev–Trinajstić information content (AvgIpc) is 3.17. The Morgan fingerprint density at radius 1 is 1.06 bits per heavy atom. The van der Waals surface area contributed by atoms with Gasteiger partial charge < -0.3 is 9.30 Å². The van der Waals surface area contributed by atoms with Crippen molar-refractivity contribution in [3.05, 3.63) is 60.2 Å². The van der Waals surface area contributed by atoms with Crippen molar-refractivity contribution in [2.75, 3.05) is 31.6 Å². The SMILES string of the molecule is CC(C)(C)n1c(NC(=O)/C=C/c2ccc(S(=O)(=O)N3CCOCC3)cc2)nc2ccccc21. The van der Waals surface area contributed by atoms with Crippen LogP contribution >= 0.6 is 0 Å². The molecule has 1 amide bonds. The van der Waals surface area contributed by atoms with Gasteiger partial charge in [0, 0.05) is 24.7 Å². The molecule has 1 fully saturated rings. The highest BCUT2D eigenvalue weighted by Gasteiger charge is 2.26. The number of carbonyl (C=O) groups excluding carboxylic acids is 1. The Morgan fingerprint density at radius 3 is 2.39 bits per heavy atom. The molecule has 2 aromatic carbocycles. The van der Waals surface area contributed by atoms with Crippen LogP contribution in [0.15, 0.2) is 59.5 Å². The molecule has 1 saturated heterocycles. The van der Waals surface area contributed by atoms with Gasteiger partial charge in [0.2, 0.25) is 16.0 Å². The summed E-state index contributed by atoms with van der Waals surface area (Å²) in [6.07, 6.45) is 3.06. The Bertz CT molecular complexity index is 1280. The number of imidazole rings is 1. The van der Waals surface area contributed by atoms with E-state index in [-0.39, 0.29) is 16.3 Å². The molecule has 2 heterocycles. The Hall–Kier alpha value is -3.01. The first-order valence-electron chi connectivity index (χ1n) is 10.8. The number of amides is 1. The molecule has 0 saturated carbocycles. The van der Waals surface area contributed by atoms with Gasteiger partial charge in [0.15, 0.2) is 0 Å². The highest BCUT2D eigenvalue weighted by Crippen LogP contribution is 2.28. The second-order valence-corrected chi connectivity index (χ2v) is 10.8. The number of carbonyl (C=O) groups is 1. The minimum Gasteiger partial charge on any atom is -0.379 e. The van der Waals surface area contributed by atoms with Crippen molar-refractivity contribution in [3.8, 4) is 0 Å². The number of morpholine rings is 1. The fraction of sp³-hybridized carbons (Fsp3) is 0.333. The van der Waals surface area contributed by atoms with Crippen molar-refractivity contribution in [3.63, 3.8) is 0 Å². The molecular formula is C24H28N4O4S. The van der Waals surface area contributed by atoms with Gasteiger partial charge in [-0.15, -0.1) is 0 Å². The summed E-state index contributed by atoms with van der Waals surface area (Å²) >= 11 is 0. The molecule has 0 radical (unpaired) electrons. The third-order valence-electron chi connectivity index (χ3n) is 5.38. The molecule has 8 nitrogen and oxygen atoms in total. The Morgan fingerprint density at radius 2 is 1.73 bits per heavy atom. The molecular weight excluding hydrogens is 440 g/mol. The monoisotopic (exact) mass is 468 g/mol. The number of hydrogen-bond acceptors (Lipinski definition) is 5. The van der Waals surface area contributed by atoms with Gasteiger partial charge in [0.1, 0.15) is 0 Å². The first-order chi connectivity index (χ1) is 15.7. The number of sulfonamides is 1. The largest absolute Gasteiger partial charge is 0.379 e. The lowest BCUT2D eigenvalue weighted by Gasteiger charge is -2.26. The number of aromatic nitrogens is 2. The maximum atomic E-state index is 12.7. The van der Waals surface area contributed by atoms with Gasteiger partial charge in [-0.1, -0.05) is 24.3 Å². The van der Waals surface area contributed by atoms with Crippen molar-refractivity contribution < 1.29 is 17.9 Å². The van der Waals surface area contributed by atoms with Gasteiger partial charge in [0.05, 0.1) is 29.1 Å². The molecule has 4 rings (SSSR count). The first kappa shape index (κ1) is 23.2. The van der Waals surface area contributed by atoms with E-state index in [1.54, 1.807) is 30.3 Å². The van der Waals surface area contributed by atoms with Gasteiger partial charge in [-0.2, -0.15) is 4.31 Å². The number of nitrogens with one attached hydrogen (secondary N) is 1. The van der Waals surface area contributed by atoms with Crippen molar-refractivity contribution in [2.24, 2.45) is 0 Å². The molecule has 33 heavy (non-hydrogen) atoms. The van der Waals surface area contributed by atoms with Crippen LogP contribution in [0.2, 0.25) is 0 Å². The van der Waals surface area contributed by atoms with E-state index in [0.29, 0.717) is 32.3 Å². The highest BCUT2D eigenvalue weighted by atomic mass is 32.2. The van der Waals surface area contributed by atoms with E-state index in [9.17, 15) is 13.2 Å². The standard InChI is InChI=1S/C24H28N4O4S/c1-24(2,3)28-21-7-5-4-6-20(21)25-23(28)26-22(29)13-10-18-8-11-19(12-9-18)33(30,31)27-14-16-32-17-15-27/h4-13H,14-17H2,1-3H3,(H,25,26,29)/b13-10+. The lowest BCUT2D eigenvalue weighted by Crippen LogP contribution is -2.40. The summed E-state index contributed by atoms with van der Waals surface area (Å²) in [5, 5.41) is 2.87. The summed E-state index contributed by atoms with van der Waals surface area (Å²) in [7, 11) is -3.54. The summed E-state index contributed by atoms with van der Waals surface area (Å²) in [5.41, 5.74) is 2.20. The lowest BCUT2D eigenvalue weighted by molar-refractivity contribution is -0.111. The molecule has 0 bridgehead atoms. The summed E-state index contributed by atoms with van der Waals surface area (Å²) in [5.74, 6) is 0.158. The fourth-order valence-corrected chi connectivity index (χ4v) is 5.21. The number of nitrogens with zero attached hydrogens (tertiary/aromatic N) is 3. The van der Waals surface area contributed by atoms with Crippen molar-refractivity contribution in [1.29, 1.82) is 0 Å². The summed E-state index contributed by atoms with van der Waals surface area (Å²) in [4.78, 5) is 17.4. The van der Waals surface area contributed by atoms with Crippen LogP contribution in [0, 0.1) is 0 Å². The number of para-hydroxylation sites is 2. The smallest absolute Gasteiger partial charge is 0.250 e. The number of fused-ring (bicyclic) bond motifs is 1. The summed E-state index contributed by atoms with van der Waals surface area (Å²) in [6.45, 7) is 7.67. The van der Waals surface area contributed by atoms with E-state index >= 15 is 0 Å². The van der Waals surface area contributed by atoms with Crippen LogP contribution in [0.5, 0.6) is 0 Å². The third kappa shape index (κ3) is 5.00. The van der Waals surface area contributed by atoms with Gasteiger partial charge >= 0.3 is 0 Å². The van der Waals surface area contributed by atoms with E-state index in [0.717, 1.165) is 16.6 Å². The Labute approximate surface area is 193 Å². The van der Waals surface area contributed by atoms with Gasteiger partial charge in [0.25, 0.3) is 5.91 Å². The number of rotatable bonds is 5. The molecule has 1 aliphatic heterocycles. The molecule has 3 aromatic rings. The number of ether oxygens (including phenoxy) is 1. The zero-order valence-electron chi connectivity index (χ0n) is 19.0. The van der Waals surface area contributed by atoms with Crippen LogP contribution < -0.4 is 5.32 Å². The van der Waals surface area contributed by atoms with Crippen LogP contribution in [-0.4, -0.2) is 54.5 Å². The Kier molecular flexibility index (Phi) is 6.38. The van der Waals surface area contributed by atoms with Crippen molar-refractivity contribution in [1.82, 2.24) is 13.9 Å². The normalized spacial score (nSPS) is 15.8. The second-order valence-electron chi connectivity index (χ2n) is 8.84. The average molecular weight is 469 g/mol. The van der Waals surface area contributed by atoms with E-state index in [1.165, 1.54) is 10.4 Å². The molecule has 0 aliphatic carbocycles. The van der Waals surface area contributed by atoms with Gasteiger partial charge in [-0.05, 0) is 56.7 Å². The zero-order chi connectivity index (χ0) is 23.6. The molecule has 1 aliphatic rings. The van der Waals surface area contributed by atoms with E-state index < -0.39 is 10.0 Å². The second kappa shape index (κ2) is 9.09. The van der Waals surface area contributed by atoms with Crippen LogP contribution in [0.3, 0.4) is 0 Å². The van der Waals surface area contributed by atoms with Gasteiger partial charge in [-0.25, -0.2) is 13.4 Å². The lowest BCUT2D eigenvalue weighted by atomic mass is 10.1. The highest BCUT2D eigenvalue weighted by molar-refractivity contribution is 7.89. The van der Waals surface area contributed by atoms with Crippen LogP contribution in [0.4, 0.5) is 5.95 Å². The zero-order valence-corrected chi connectivity index (χ0v) is 19.8.